The van der Waals surface area contributed by atoms with E-state index in [1.807, 2.05) is 91.1 Å². The Bertz CT molecular complexity index is 2640. The maximum absolute atomic E-state index is 15.4. The van der Waals surface area contributed by atoms with Gasteiger partial charge in [0.1, 0.15) is 48.6 Å². The van der Waals surface area contributed by atoms with Crippen molar-refractivity contribution in [3.05, 3.63) is 85.0 Å². The Labute approximate surface area is 424 Å². The van der Waals surface area contributed by atoms with E-state index in [4.69, 9.17) is 0 Å². The van der Waals surface area contributed by atoms with Crippen LogP contribution < -0.4 is 21.3 Å². The van der Waals surface area contributed by atoms with Gasteiger partial charge >= 0.3 is 0 Å². The highest BCUT2D eigenvalue weighted by Gasteiger charge is 2.43. The first-order chi connectivity index (χ1) is 34.1. The minimum absolute atomic E-state index is 0.00249. The summed E-state index contributed by atoms with van der Waals surface area (Å²) in [5.74, 6) is -4.01. The van der Waals surface area contributed by atoms with Gasteiger partial charge in [-0.25, -0.2) is 9.97 Å². The molecule has 0 saturated carbocycles. The highest BCUT2D eigenvalue weighted by Crippen LogP contribution is 2.30. The number of carbonyl (C=O) groups excluding carboxylic acids is 7. The number of hydrogen-bond donors (Lipinski definition) is 4. The molecule has 2 fully saturated rings. The third kappa shape index (κ3) is 12.7. The van der Waals surface area contributed by atoms with Crippen molar-refractivity contribution in [2.45, 2.75) is 161 Å². The van der Waals surface area contributed by atoms with Crippen LogP contribution in [0.3, 0.4) is 0 Å². The maximum atomic E-state index is 15.4. The van der Waals surface area contributed by atoms with Gasteiger partial charge in [-0.05, 0) is 94.0 Å². The summed E-state index contributed by atoms with van der Waals surface area (Å²) in [6, 6.07) is 5.53. The molecule has 2 saturated heterocycles. The Hall–Kier alpha value is -6.65. The molecule has 0 aliphatic carbocycles. The molecule has 72 heavy (non-hydrogen) atoms. The van der Waals surface area contributed by atoms with Gasteiger partial charge < -0.3 is 40.5 Å². The largest absolute Gasteiger partial charge is 0.343 e. The number of nitrogens with zero attached hydrogens (tertiary/aromatic N) is 6. The fraction of sp³-hybridized carbons (Fsp3) is 0.545. The quantitative estimate of drug-likeness (QED) is 0.130. The molecular formula is C55H76N10O7. The number of likely N-dealkylation sites (N-methyl/N-ethyl adjacent to an activating group) is 2. The summed E-state index contributed by atoms with van der Waals surface area (Å²) in [6.45, 7) is 19.7. The van der Waals surface area contributed by atoms with Crippen LogP contribution in [0.5, 0.6) is 0 Å². The lowest BCUT2D eigenvalue weighted by molar-refractivity contribution is -0.153. The molecule has 17 heteroatoms. The van der Waals surface area contributed by atoms with Gasteiger partial charge in [0, 0.05) is 62.2 Å². The predicted octanol–water partition coefficient (Wildman–Crippen LogP) is 5.19. The number of rotatable bonds is 13. The third-order valence-electron chi connectivity index (χ3n) is 14.2. The number of amides is 7. The van der Waals surface area contributed by atoms with Crippen molar-refractivity contribution in [1.29, 1.82) is 0 Å². The summed E-state index contributed by atoms with van der Waals surface area (Å²) in [7, 11) is 3.04. The number of carbonyl (C=O) groups is 7. The summed E-state index contributed by atoms with van der Waals surface area (Å²) in [5.41, 5.74) is 2.49. The van der Waals surface area contributed by atoms with Crippen LogP contribution in [0.2, 0.25) is 0 Å². The zero-order valence-corrected chi connectivity index (χ0v) is 43.9. The molecule has 0 unspecified atom stereocenters. The number of unbranched alkanes of at least 4 members (excludes halogenated alkanes) is 1. The van der Waals surface area contributed by atoms with Gasteiger partial charge in [-0.1, -0.05) is 77.8 Å². The summed E-state index contributed by atoms with van der Waals surface area (Å²) in [4.78, 5) is 116. The van der Waals surface area contributed by atoms with Crippen LogP contribution in [0.4, 0.5) is 0 Å². The Morgan fingerprint density at radius 3 is 2.12 bits per heavy atom. The van der Waals surface area contributed by atoms with E-state index in [0.717, 1.165) is 21.9 Å². The minimum atomic E-state index is -1.23. The lowest BCUT2D eigenvalue weighted by Gasteiger charge is -2.41. The zero-order chi connectivity index (χ0) is 52.6. The SMILES string of the molecule is C=CC(C)(C)n1cc(C[C@@H]2NC(=O)[C@H](CCCC)NC(=O)[C@H](CC(C)C)N3CCC[C@@H](C3=O)N(C)C(=O)[C@H](C)NC(=O)[C@H](Cc3ccc4ncncc4c3)NC(=O)[C@H](CC(C)C)N(C)C2=O)c2ccccc21. The molecule has 4 aromatic rings. The maximum Gasteiger partial charge on any atom is 0.246 e. The molecule has 7 atom stereocenters. The van der Waals surface area contributed by atoms with E-state index in [-0.39, 0.29) is 50.5 Å². The van der Waals surface area contributed by atoms with Crippen molar-refractivity contribution >= 4 is 63.2 Å². The summed E-state index contributed by atoms with van der Waals surface area (Å²) in [6.07, 6.45) is 9.78. The fourth-order valence-corrected chi connectivity index (χ4v) is 9.99. The highest BCUT2D eigenvalue weighted by atomic mass is 16.2. The molecule has 2 aliphatic heterocycles. The number of para-hydroxylation sites is 1. The second-order valence-corrected chi connectivity index (χ2v) is 21.2. The van der Waals surface area contributed by atoms with Crippen molar-refractivity contribution in [3.63, 3.8) is 0 Å². The van der Waals surface area contributed by atoms with Crippen LogP contribution in [-0.4, -0.2) is 134 Å². The second-order valence-electron chi connectivity index (χ2n) is 21.2. The molecular weight excluding hydrogens is 913 g/mol. The second kappa shape index (κ2) is 23.7. The van der Waals surface area contributed by atoms with Gasteiger partial charge in [0.2, 0.25) is 41.4 Å². The number of allylic oxidation sites excluding steroid dienone is 1. The van der Waals surface area contributed by atoms with E-state index in [9.17, 15) is 28.8 Å². The van der Waals surface area contributed by atoms with Crippen molar-refractivity contribution in [2.24, 2.45) is 11.8 Å². The molecule has 2 aromatic heterocycles. The molecule has 4 heterocycles. The fourth-order valence-electron chi connectivity index (χ4n) is 9.99. The minimum Gasteiger partial charge on any atom is -0.343 e. The van der Waals surface area contributed by atoms with Crippen LogP contribution in [-0.2, 0) is 51.9 Å². The lowest BCUT2D eigenvalue weighted by Crippen LogP contribution is -2.62. The first kappa shape index (κ1) is 54.7. The predicted molar refractivity (Wildman–Crippen MR) is 278 cm³/mol. The summed E-state index contributed by atoms with van der Waals surface area (Å²) < 4.78 is 2.08. The van der Waals surface area contributed by atoms with Crippen LogP contribution in [0.25, 0.3) is 21.8 Å². The van der Waals surface area contributed by atoms with Gasteiger partial charge in [-0.3, -0.25) is 33.6 Å². The Morgan fingerprint density at radius 1 is 0.778 bits per heavy atom. The lowest BCUT2D eigenvalue weighted by atomic mass is 9.95. The third-order valence-corrected chi connectivity index (χ3v) is 14.2. The number of benzene rings is 2. The Balaban J connectivity index is 1.48. The van der Waals surface area contributed by atoms with E-state index in [2.05, 4.69) is 42.4 Å². The van der Waals surface area contributed by atoms with Crippen LogP contribution in [0, 0.1) is 11.8 Å². The van der Waals surface area contributed by atoms with E-state index in [1.165, 1.54) is 42.0 Å². The number of aromatic nitrogens is 3. The standard InChI is InChI=1S/C55H76N10O7/c1-12-14-19-41-48(66)61-43(29-38-31-65(55(8,9)13-2)44-20-16-15-18-39(38)44)53(71)63(11)46(25-33(3)4)50(68)60-42(28-36-22-23-40-37(27-36)30-56-32-57-40)49(67)58-35(7)52(70)62(10)45-21-17-24-64(54(45)72)47(26-34(5)6)51(69)59-41/h13,15-16,18,20,22-23,27,30-35,41-43,45-47H,2,12,14,17,19,21,24-26,28-29H2,1,3-11H3,(H,58,67)(H,59,69)(H,60,68)(H,61,66)/t35-,41-,42-,43-,45-,46-,47-/m0/s1. The average molecular weight is 989 g/mol. The normalized spacial score (nSPS) is 23.8. The summed E-state index contributed by atoms with van der Waals surface area (Å²) >= 11 is 0. The first-order valence-electron chi connectivity index (χ1n) is 25.6. The summed E-state index contributed by atoms with van der Waals surface area (Å²) in [5, 5.41) is 13.4. The first-order valence-corrected chi connectivity index (χ1v) is 25.6. The molecule has 2 aliphatic rings. The van der Waals surface area contributed by atoms with Gasteiger partial charge in [-0.15, -0.1) is 6.58 Å². The molecule has 4 N–H and O–H groups in total. The Kier molecular flexibility index (Phi) is 18.0. The van der Waals surface area contributed by atoms with Crippen LogP contribution in [0.1, 0.15) is 111 Å². The highest BCUT2D eigenvalue weighted by molar-refractivity contribution is 5.99. The molecule has 2 bridgehead atoms. The number of piperidine rings is 1. The molecule has 0 spiro atoms. The van der Waals surface area contributed by atoms with Crippen molar-refractivity contribution < 1.29 is 33.6 Å². The van der Waals surface area contributed by atoms with Crippen molar-refractivity contribution in [2.75, 3.05) is 20.6 Å². The van der Waals surface area contributed by atoms with Gasteiger partial charge in [0.05, 0.1) is 11.1 Å². The van der Waals surface area contributed by atoms with Crippen LogP contribution in [0.15, 0.2) is 73.8 Å². The van der Waals surface area contributed by atoms with Gasteiger partial charge in [0.25, 0.3) is 0 Å². The number of nitrogens with one attached hydrogen (secondary N) is 4. The van der Waals surface area contributed by atoms with Crippen molar-refractivity contribution in [1.82, 2.24) is 50.5 Å². The van der Waals surface area contributed by atoms with E-state index < -0.39 is 89.2 Å². The number of fused-ring (bicyclic) bond motifs is 4. The van der Waals surface area contributed by atoms with E-state index in [0.29, 0.717) is 36.8 Å². The van der Waals surface area contributed by atoms with Crippen LogP contribution >= 0.6 is 0 Å². The van der Waals surface area contributed by atoms with Gasteiger partial charge in [-0.2, -0.15) is 0 Å². The molecule has 6 rings (SSSR count). The van der Waals surface area contributed by atoms with Crippen molar-refractivity contribution in [3.8, 4) is 0 Å². The monoisotopic (exact) mass is 989 g/mol. The molecule has 17 nitrogen and oxygen atoms in total. The molecule has 2 aromatic carbocycles. The zero-order valence-electron chi connectivity index (χ0n) is 43.9. The smallest absolute Gasteiger partial charge is 0.246 e. The number of hydrogen-bond acceptors (Lipinski definition) is 9. The Morgan fingerprint density at radius 2 is 1.43 bits per heavy atom. The molecule has 7 amide bonds. The molecule has 388 valence electrons. The molecule has 0 radical (unpaired) electrons. The average Bonchev–Trinajstić information content (AvgIpc) is 3.73. The topological polar surface area (TPSA) is 208 Å². The van der Waals surface area contributed by atoms with E-state index in [1.54, 1.807) is 18.3 Å². The van der Waals surface area contributed by atoms with Gasteiger partial charge in [0.15, 0.2) is 0 Å². The van der Waals surface area contributed by atoms with E-state index >= 15 is 4.79 Å².